The van der Waals surface area contributed by atoms with Gasteiger partial charge >= 0.3 is 5.97 Å². The summed E-state index contributed by atoms with van der Waals surface area (Å²) >= 11 is 1.20. The first kappa shape index (κ1) is 16.7. The summed E-state index contributed by atoms with van der Waals surface area (Å²) in [5, 5.41) is 0.460. The number of fused-ring (bicyclic) bond motifs is 3. The predicted octanol–water partition coefficient (Wildman–Crippen LogP) is 2.81. The molecule has 132 valence electrons. The van der Waals surface area contributed by atoms with E-state index in [0.717, 1.165) is 17.5 Å². The minimum atomic E-state index is -0.669. The molecule has 26 heavy (non-hydrogen) atoms. The van der Waals surface area contributed by atoms with Crippen LogP contribution in [0.25, 0.3) is 10.2 Å². The molecule has 0 N–H and O–H groups in total. The summed E-state index contributed by atoms with van der Waals surface area (Å²) in [6.07, 6.45) is 1.90. The van der Waals surface area contributed by atoms with E-state index in [1.807, 2.05) is 30.3 Å². The Morgan fingerprint density at radius 3 is 2.73 bits per heavy atom. The van der Waals surface area contributed by atoms with E-state index < -0.39 is 5.97 Å². The lowest BCUT2D eigenvalue weighted by Gasteiger charge is -2.12. The third-order valence-electron chi connectivity index (χ3n) is 4.55. The predicted molar refractivity (Wildman–Crippen MR) is 98.0 cm³/mol. The van der Waals surface area contributed by atoms with Gasteiger partial charge in [0, 0.05) is 6.42 Å². The Hall–Kier alpha value is -2.80. The number of carbonyl (C=O) groups excluding carboxylic acids is 2. The summed E-state index contributed by atoms with van der Waals surface area (Å²) in [6, 6.07) is 9.38. The first-order chi connectivity index (χ1) is 12.6. The fourth-order valence-corrected chi connectivity index (χ4v) is 4.48. The summed E-state index contributed by atoms with van der Waals surface area (Å²) in [7, 11) is 1.26. The van der Waals surface area contributed by atoms with E-state index in [9.17, 15) is 14.4 Å². The second-order valence-electron chi connectivity index (χ2n) is 6.17. The minimum absolute atomic E-state index is 0.0418. The summed E-state index contributed by atoms with van der Waals surface area (Å²) in [5.74, 6) is -0.666. The Balaban J connectivity index is 1.98. The summed E-state index contributed by atoms with van der Waals surface area (Å²) in [6.45, 7) is 0.214. The van der Waals surface area contributed by atoms with Crippen LogP contribution < -0.4 is 5.56 Å². The average molecular weight is 368 g/mol. The Morgan fingerprint density at radius 2 is 2.00 bits per heavy atom. The molecule has 0 amide bonds. The van der Waals surface area contributed by atoms with Crippen molar-refractivity contribution in [3.05, 3.63) is 62.5 Å². The first-order valence-corrected chi connectivity index (χ1v) is 9.13. The van der Waals surface area contributed by atoms with Gasteiger partial charge < -0.3 is 4.74 Å². The Labute approximate surface area is 153 Å². The Bertz CT molecular complexity index is 1080. The average Bonchev–Trinajstić information content (AvgIpc) is 3.04. The molecule has 2 aromatic heterocycles. The molecule has 0 saturated carbocycles. The van der Waals surface area contributed by atoms with Gasteiger partial charge in [-0.25, -0.2) is 9.78 Å². The van der Waals surface area contributed by atoms with E-state index in [-0.39, 0.29) is 23.7 Å². The van der Waals surface area contributed by atoms with Crippen LogP contribution in [-0.2, 0) is 17.7 Å². The summed E-state index contributed by atoms with van der Waals surface area (Å²) in [4.78, 5) is 43.1. The maximum absolute atomic E-state index is 13.2. The molecule has 0 radical (unpaired) electrons. The summed E-state index contributed by atoms with van der Waals surface area (Å²) < 4.78 is 6.16. The van der Waals surface area contributed by atoms with Crippen molar-refractivity contribution in [3.8, 4) is 0 Å². The topological polar surface area (TPSA) is 78.3 Å². The van der Waals surface area contributed by atoms with Crippen molar-refractivity contribution in [1.29, 1.82) is 0 Å². The number of Topliss-reactive ketones (excluding diaryl/α,β-unsaturated/α-hetero) is 1. The summed E-state index contributed by atoms with van der Waals surface area (Å²) in [5.41, 5.74) is 1.35. The molecular formula is C19H16N2O4S. The van der Waals surface area contributed by atoms with Crippen molar-refractivity contribution in [3.63, 3.8) is 0 Å². The van der Waals surface area contributed by atoms with Crippen molar-refractivity contribution in [2.24, 2.45) is 0 Å². The van der Waals surface area contributed by atoms with Crippen LogP contribution in [0.3, 0.4) is 0 Å². The molecule has 0 saturated heterocycles. The maximum Gasteiger partial charge on any atom is 0.374 e. The fraction of sp³-hybridized carbons (Fsp3) is 0.263. The molecule has 2 heterocycles. The van der Waals surface area contributed by atoms with Gasteiger partial charge in [0.2, 0.25) is 5.82 Å². The second kappa shape index (κ2) is 6.49. The third-order valence-corrected chi connectivity index (χ3v) is 5.71. The highest BCUT2D eigenvalue weighted by molar-refractivity contribution is 7.20. The van der Waals surface area contributed by atoms with Gasteiger partial charge in [0.05, 0.1) is 23.9 Å². The highest BCUT2D eigenvalue weighted by Crippen LogP contribution is 2.33. The number of carbonyl (C=O) groups is 2. The van der Waals surface area contributed by atoms with Crippen molar-refractivity contribution < 1.29 is 14.3 Å². The molecule has 1 aromatic carbocycles. The SMILES string of the molecule is COC(=O)c1nc2sc3c(c2c(=O)n1Cc1ccccc1)CCCC3=O. The number of aromatic nitrogens is 2. The molecular weight excluding hydrogens is 352 g/mol. The second-order valence-corrected chi connectivity index (χ2v) is 7.17. The number of aryl methyl sites for hydroxylation is 1. The first-order valence-electron chi connectivity index (χ1n) is 8.31. The smallest absolute Gasteiger partial charge is 0.374 e. The number of ketones is 1. The van der Waals surface area contributed by atoms with Crippen LogP contribution in [0.4, 0.5) is 0 Å². The van der Waals surface area contributed by atoms with E-state index in [1.165, 1.54) is 23.0 Å². The normalized spacial score (nSPS) is 13.7. The van der Waals surface area contributed by atoms with Crippen LogP contribution in [0, 0.1) is 0 Å². The van der Waals surface area contributed by atoms with Gasteiger partial charge in [-0.05, 0) is 24.0 Å². The zero-order valence-electron chi connectivity index (χ0n) is 14.2. The quantitative estimate of drug-likeness (QED) is 0.664. The fourth-order valence-electron chi connectivity index (χ4n) is 3.30. The van der Waals surface area contributed by atoms with Gasteiger partial charge in [-0.1, -0.05) is 30.3 Å². The highest BCUT2D eigenvalue weighted by Gasteiger charge is 2.28. The Morgan fingerprint density at radius 1 is 1.23 bits per heavy atom. The molecule has 3 aromatic rings. The number of rotatable bonds is 3. The zero-order chi connectivity index (χ0) is 18.3. The molecule has 0 fully saturated rings. The number of thiophene rings is 1. The molecule has 0 unspecified atom stereocenters. The van der Waals surface area contributed by atoms with Crippen LogP contribution in [0.1, 0.15) is 44.3 Å². The molecule has 0 aliphatic heterocycles. The molecule has 1 aliphatic carbocycles. The third kappa shape index (κ3) is 2.64. The van der Waals surface area contributed by atoms with Crippen molar-refractivity contribution in [2.45, 2.75) is 25.8 Å². The number of hydrogen-bond donors (Lipinski definition) is 0. The lowest BCUT2D eigenvalue weighted by molar-refractivity contribution is 0.0579. The highest BCUT2D eigenvalue weighted by atomic mass is 32.1. The largest absolute Gasteiger partial charge is 0.463 e. The van der Waals surface area contributed by atoms with Crippen LogP contribution in [0.5, 0.6) is 0 Å². The molecule has 7 heteroatoms. The molecule has 0 atom stereocenters. The van der Waals surface area contributed by atoms with E-state index >= 15 is 0 Å². The monoisotopic (exact) mass is 368 g/mol. The number of ether oxygens (including phenoxy) is 1. The van der Waals surface area contributed by atoms with E-state index in [1.54, 1.807) is 0 Å². The lowest BCUT2D eigenvalue weighted by Crippen LogP contribution is -2.29. The lowest BCUT2D eigenvalue weighted by atomic mass is 9.96. The number of methoxy groups -OCH3 is 1. The zero-order valence-corrected chi connectivity index (χ0v) is 15.0. The van der Waals surface area contributed by atoms with Crippen LogP contribution in [0.15, 0.2) is 35.1 Å². The van der Waals surface area contributed by atoms with Crippen LogP contribution in [0.2, 0.25) is 0 Å². The standard InChI is InChI=1S/C19H16N2O4S/c1-25-19(24)16-20-17-14(12-8-5-9-13(22)15(12)26-17)18(23)21(16)10-11-6-3-2-4-7-11/h2-4,6-7H,5,8-10H2,1H3. The maximum atomic E-state index is 13.2. The number of benzene rings is 1. The minimum Gasteiger partial charge on any atom is -0.463 e. The molecule has 0 spiro atoms. The number of esters is 1. The van der Waals surface area contributed by atoms with Gasteiger partial charge in [0.15, 0.2) is 5.78 Å². The van der Waals surface area contributed by atoms with Crippen molar-refractivity contribution >= 4 is 33.3 Å². The molecule has 6 nitrogen and oxygen atoms in total. The van der Waals surface area contributed by atoms with Crippen molar-refractivity contribution in [1.82, 2.24) is 9.55 Å². The van der Waals surface area contributed by atoms with Gasteiger partial charge in [-0.3, -0.25) is 14.2 Å². The van der Waals surface area contributed by atoms with Crippen molar-refractivity contribution in [2.75, 3.05) is 7.11 Å². The molecule has 0 bridgehead atoms. The van der Waals surface area contributed by atoms with Gasteiger partial charge in [-0.15, -0.1) is 11.3 Å². The van der Waals surface area contributed by atoms with Gasteiger partial charge in [0.25, 0.3) is 5.56 Å². The van der Waals surface area contributed by atoms with E-state index in [4.69, 9.17) is 4.74 Å². The van der Waals surface area contributed by atoms with Crippen LogP contribution >= 0.6 is 11.3 Å². The van der Waals surface area contributed by atoms with Crippen LogP contribution in [-0.4, -0.2) is 28.4 Å². The van der Waals surface area contributed by atoms with E-state index in [0.29, 0.717) is 27.9 Å². The number of nitrogens with zero attached hydrogens (tertiary/aromatic N) is 2. The molecule has 1 aliphatic rings. The van der Waals surface area contributed by atoms with Gasteiger partial charge in [-0.2, -0.15) is 0 Å². The molecule has 4 rings (SSSR count). The van der Waals surface area contributed by atoms with Gasteiger partial charge in [0.1, 0.15) is 4.83 Å². The van der Waals surface area contributed by atoms with E-state index in [2.05, 4.69) is 4.98 Å². The Kier molecular flexibility index (Phi) is 4.16. The number of hydrogen-bond acceptors (Lipinski definition) is 6.